The highest BCUT2D eigenvalue weighted by molar-refractivity contribution is 5.78. The van der Waals surface area contributed by atoms with Crippen LogP contribution in [0.4, 0.5) is 5.69 Å². The molecule has 1 rings (SSSR count). The van der Waals surface area contributed by atoms with Crippen molar-refractivity contribution in [1.82, 2.24) is 15.1 Å². The summed E-state index contributed by atoms with van der Waals surface area (Å²) in [6, 6.07) is 0. The van der Waals surface area contributed by atoms with E-state index in [2.05, 4.69) is 17.3 Å². The third-order valence-corrected chi connectivity index (χ3v) is 3.75. The number of unbranched alkanes of at least 4 members (excludes halogenated alkanes) is 3. The van der Waals surface area contributed by atoms with E-state index in [4.69, 9.17) is 0 Å². The second-order valence-corrected chi connectivity index (χ2v) is 5.71. The van der Waals surface area contributed by atoms with Gasteiger partial charge < -0.3 is 5.32 Å². The quantitative estimate of drug-likeness (QED) is 0.431. The maximum Gasteiger partial charge on any atom is 0.312 e. The van der Waals surface area contributed by atoms with Crippen LogP contribution in [0.15, 0.2) is 0 Å². The molecule has 0 aliphatic rings. The molecule has 124 valence electrons. The van der Waals surface area contributed by atoms with Crippen molar-refractivity contribution in [3.05, 3.63) is 21.5 Å². The van der Waals surface area contributed by atoms with Gasteiger partial charge in [0.25, 0.3) is 0 Å². The highest BCUT2D eigenvalue weighted by Crippen LogP contribution is 2.22. The van der Waals surface area contributed by atoms with Gasteiger partial charge in [-0.2, -0.15) is 5.10 Å². The van der Waals surface area contributed by atoms with Gasteiger partial charge in [-0.3, -0.25) is 19.6 Å². The Morgan fingerprint density at radius 3 is 2.59 bits per heavy atom. The standard InChI is InChI=1S/C15H26N4O3/c1-5-6-7-8-9-16-15(20)11(2)10-18-13(4)14(19(21)22)12(3)17-18/h11H,5-10H2,1-4H3,(H,16,20). The van der Waals surface area contributed by atoms with Crippen molar-refractivity contribution >= 4 is 11.6 Å². The van der Waals surface area contributed by atoms with Crippen LogP contribution in [0.5, 0.6) is 0 Å². The molecule has 1 heterocycles. The number of aryl methyl sites for hydroxylation is 1. The van der Waals surface area contributed by atoms with E-state index in [1.807, 2.05) is 6.92 Å². The number of carbonyl (C=O) groups excluding carboxylic acids is 1. The fraction of sp³-hybridized carbons (Fsp3) is 0.733. The molecule has 1 amide bonds. The van der Waals surface area contributed by atoms with Gasteiger partial charge in [-0.05, 0) is 20.3 Å². The second kappa shape index (κ2) is 8.51. The van der Waals surface area contributed by atoms with Gasteiger partial charge in [0.05, 0.1) is 17.4 Å². The van der Waals surface area contributed by atoms with Crippen LogP contribution in [0.25, 0.3) is 0 Å². The first-order valence-corrected chi connectivity index (χ1v) is 7.84. The zero-order valence-electron chi connectivity index (χ0n) is 13.9. The Morgan fingerprint density at radius 2 is 2.05 bits per heavy atom. The molecule has 0 saturated heterocycles. The van der Waals surface area contributed by atoms with Crippen LogP contribution in [0, 0.1) is 29.9 Å². The summed E-state index contributed by atoms with van der Waals surface area (Å²) < 4.78 is 1.55. The molecular formula is C15H26N4O3. The van der Waals surface area contributed by atoms with E-state index in [1.165, 1.54) is 12.8 Å². The predicted molar refractivity (Wildman–Crippen MR) is 84.7 cm³/mol. The van der Waals surface area contributed by atoms with Gasteiger partial charge in [0.1, 0.15) is 11.4 Å². The molecule has 0 aliphatic carbocycles. The van der Waals surface area contributed by atoms with Crippen molar-refractivity contribution in [2.24, 2.45) is 5.92 Å². The van der Waals surface area contributed by atoms with E-state index in [1.54, 1.807) is 18.5 Å². The van der Waals surface area contributed by atoms with E-state index in [9.17, 15) is 14.9 Å². The topological polar surface area (TPSA) is 90.1 Å². The Morgan fingerprint density at radius 1 is 1.36 bits per heavy atom. The highest BCUT2D eigenvalue weighted by Gasteiger charge is 2.23. The minimum Gasteiger partial charge on any atom is -0.356 e. The Hall–Kier alpha value is -1.92. The van der Waals surface area contributed by atoms with Gasteiger partial charge >= 0.3 is 5.69 Å². The second-order valence-electron chi connectivity index (χ2n) is 5.71. The molecule has 0 aliphatic heterocycles. The number of aromatic nitrogens is 2. The van der Waals surface area contributed by atoms with E-state index in [0.717, 1.165) is 12.8 Å². The largest absolute Gasteiger partial charge is 0.356 e. The monoisotopic (exact) mass is 310 g/mol. The van der Waals surface area contributed by atoms with E-state index < -0.39 is 4.92 Å². The molecule has 0 bridgehead atoms. The van der Waals surface area contributed by atoms with Crippen LogP contribution < -0.4 is 5.32 Å². The van der Waals surface area contributed by atoms with Crippen molar-refractivity contribution in [1.29, 1.82) is 0 Å². The Labute approximate surface area is 131 Å². The lowest BCUT2D eigenvalue weighted by Crippen LogP contribution is -2.32. The summed E-state index contributed by atoms with van der Waals surface area (Å²) in [6.07, 6.45) is 4.45. The molecule has 7 heteroatoms. The Bertz CT molecular complexity index is 525. The first kappa shape index (κ1) is 18.1. The number of hydrogen-bond acceptors (Lipinski definition) is 4. The molecule has 1 atom stereocenters. The lowest BCUT2D eigenvalue weighted by Gasteiger charge is -2.13. The average molecular weight is 310 g/mol. The molecular weight excluding hydrogens is 284 g/mol. The maximum absolute atomic E-state index is 12.0. The van der Waals surface area contributed by atoms with Gasteiger partial charge in [-0.1, -0.05) is 33.1 Å². The number of nitrogens with one attached hydrogen (secondary N) is 1. The molecule has 0 fully saturated rings. The minimum absolute atomic E-state index is 0.0344. The fourth-order valence-corrected chi connectivity index (χ4v) is 2.41. The minimum atomic E-state index is -0.424. The van der Waals surface area contributed by atoms with Crippen LogP contribution >= 0.6 is 0 Å². The van der Waals surface area contributed by atoms with Crippen molar-refractivity contribution in [2.75, 3.05) is 6.54 Å². The molecule has 22 heavy (non-hydrogen) atoms. The molecule has 0 aromatic carbocycles. The van der Waals surface area contributed by atoms with Crippen LogP contribution in [0.2, 0.25) is 0 Å². The summed E-state index contributed by atoms with van der Waals surface area (Å²) in [5, 5.41) is 18.1. The smallest absolute Gasteiger partial charge is 0.312 e. The predicted octanol–water partition coefficient (Wildman–Crippen LogP) is 2.74. The van der Waals surface area contributed by atoms with E-state index in [0.29, 0.717) is 24.5 Å². The third-order valence-electron chi connectivity index (χ3n) is 3.75. The maximum atomic E-state index is 12.0. The van der Waals surface area contributed by atoms with Crippen molar-refractivity contribution in [3.8, 4) is 0 Å². The molecule has 1 aromatic heterocycles. The van der Waals surface area contributed by atoms with Crippen LogP contribution in [-0.2, 0) is 11.3 Å². The summed E-state index contributed by atoms with van der Waals surface area (Å²) in [5.41, 5.74) is 0.909. The van der Waals surface area contributed by atoms with Crippen molar-refractivity contribution in [3.63, 3.8) is 0 Å². The number of rotatable bonds is 9. The number of nitro groups is 1. The lowest BCUT2D eigenvalue weighted by atomic mass is 10.1. The number of nitrogens with zero attached hydrogens (tertiary/aromatic N) is 3. The van der Waals surface area contributed by atoms with Crippen molar-refractivity contribution < 1.29 is 9.72 Å². The molecule has 7 nitrogen and oxygen atoms in total. The van der Waals surface area contributed by atoms with Gasteiger partial charge in [0, 0.05) is 6.54 Å². The summed E-state index contributed by atoms with van der Waals surface area (Å²) >= 11 is 0. The van der Waals surface area contributed by atoms with Crippen LogP contribution in [0.3, 0.4) is 0 Å². The SMILES string of the molecule is CCCCCCNC(=O)C(C)Cn1nc(C)c([N+](=O)[O-])c1C. The molecule has 0 radical (unpaired) electrons. The molecule has 1 unspecified atom stereocenters. The average Bonchev–Trinajstić information content (AvgIpc) is 2.72. The first-order chi connectivity index (χ1) is 10.4. The van der Waals surface area contributed by atoms with Gasteiger partial charge in [0.15, 0.2) is 0 Å². The van der Waals surface area contributed by atoms with Gasteiger partial charge in [-0.25, -0.2) is 0 Å². The highest BCUT2D eigenvalue weighted by atomic mass is 16.6. The van der Waals surface area contributed by atoms with Crippen LogP contribution in [-0.4, -0.2) is 27.2 Å². The zero-order chi connectivity index (χ0) is 16.7. The number of hydrogen-bond donors (Lipinski definition) is 1. The normalized spacial score (nSPS) is 12.2. The Kier molecular flexibility index (Phi) is 7.01. The van der Waals surface area contributed by atoms with Crippen molar-refractivity contribution in [2.45, 2.75) is 59.9 Å². The Balaban J connectivity index is 2.54. The van der Waals surface area contributed by atoms with Crippen LogP contribution in [0.1, 0.15) is 50.9 Å². The zero-order valence-corrected chi connectivity index (χ0v) is 13.9. The number of amides is 1. The van der Waals surface area contributed by atoms with E-state index >= 15 is 0 Å². The summed E-state index contributed by atoms with van der Waals surface area (Å²) in [6.45, 7) is 8.26. The fourth-order valence-electron chi connectivity index (χ4n) is 2.41. The third kappa shape index (κ3) is 4.82. The molecule has 0 saturated carbocycles. The summed E-state index contributed by atoms with van der Waals surface area (Å²) in [4.78, 5) is 22.6. The summed E-state index contributed by atoms with van der Waals surface area (Å²) in [7, 11) is 0. The summed E-state index contributed by atoms with van der Waals surface area (Å²) in [5.74, 6) is -0.310. The molecule has 1 aromatic rings. The van der Waals surface area contributed by atoms with Gasteiger partial charge in [-0.15, -0.1) is 0 Å². The molecule has 1 N–H and O–H groups in total. The first-order valence-electron chi connectivity index (χ1n) is 7.84. The number of carbonyl (C=O) groups is 1. The van der Waals surface area contributed by atoms with E-state index in [-0.39, 0.29) is 17.5 Å². The van der Waals surface area contributed by atoms with Gasteiger partial charge in [0.2, 0.25) is 5.91 Å². The lowest BCUT2D eigenvalue weighted by molar-refractivity contribution is -0.386. The molecule has 0 spiro atoms.